The van der Waals surface area contributed by atoms with Gasteiger partial charge in [0.2, 0.25) is 0 Å². The molecule has 18 unspecified atom stereocenters. The van der Waals surface area contributed by atoms with Crippen LogP contribution < -0.4 is 0 Å². The van der Waals surface area contributed by atoms with Gasteiger partial charge >= 0.3 is 25.7 Å². The van der Waals surface area contributed by atoms with Gasteiger partial charge in [-0.3, -0.25) is 18.6 Å². The maximum absolute atomic E-state index is 14.3. The van der Waals surface area contributed by atoms with Crippen molar-refractivity contribution in [1.29, 1.82) is 0 Å². The fourth-order valence-electron chi connectivity index (χ4n) is 12.4. The number of allylic oxidation sites excluding steroid dienone is 7. The summed E-state index contributed by atoms with van der Waals surface area (Å²) in [5, 5.41) is 110. The van der Waals surface area contributed by atoms with Crippen LogP contribution in [0.2, 0.25) is 0 Å². The third-order valence-electron chi connectivity index (χ3n) is 18.7. The standard InChI is InChI=1S/C75H133O24P/c1-4-7-10-13-16-19-22-25-28-31-34-37-40-43-46-49-59(77)91-53-56(94-61(79)51-48-45-42-39-36-33-30-27-24-21-18-15-12-9-6-3)54-93-100(89,90)99-73-71(97-74-69(87)64(82)62(80)57(52-76)95-74)67(85)66(84)68(86)72(73)98-75-70(88)65(83)63(81)58(96-75)55-92-60(78)50-47-44-41-38-35-32-29-26-23-20-17-14-11-8-5-2/h20-21,23-24,40,43,46,49,56-58,62-76,80-88H,4-19,22,25-39,41-42,44-45,47-48,50-55H2,1-3H3,(H,89,90)/b23-20-,24-21-,43-40+,49-46+. The summed E-state index contributed by atoms with van der Waals surface area (Å²) >= 11 is 0. The maximum atomic E-state index is 14.3. The highest BCUT2D eigenvalue weighted by molar-refractivity contribution is 7.47. The van der Waals surface area contributed by atoms with E-state index in [-0.39, 0.29) is 12.8 Å². The van der Waals surface area contributed by atoms with Gasteiger partial charge in [-0.15, -0.1) is 0 Å². The van der Waals surface area contributed by atoms with E-state index in [1.54, 1.807) is 6.08 Å². The van der Waals surface area contributed by atoms with E-state index in [1.807, 2.05) is 6.08 Å². The molecule has 3 fully saturated rings. The SMILES string of the molecule is CCCCCC/C=C\CCCCCCCCCC(=O)OCC1OC(OC2C(O)C(O)C(O)C(OC3OC(CO)C(O)C(O)C3O)C2OP(=O)(O)OCC(COC(=O)/C=C/C=C/CCCCCCCCCCCCC)OC(=O)CCCCCCCCC/C=C\CCCCCC)C(O)C(O)C1O. The van der Waals surface area contributed by atoms with Crippen LogP contribution in [-0.2, 0) is 61.2 Å². The van der Waals surface area contributed by atoms with Crippen LogP contribution in [0.15, 0.2) is 48.6 Å². The summed E-state index contributed by atoms with van der Waals surface area (Å²) in [5.41, 5.74) is 0. The fraction of sp³-hybridized carbons (Fsp3) is 0.853. The van der Waals surface area contributed by atoms with Gasteiger partial charge in [0.1, 0.15) is 98.7 Å². The molecule has 0 amide bonds. The zero-order chi connectivity index (χ0) is 73.2. The predicted molar refractivity (Wildman–Crippen MR) is 379 cm³/mol. The van der Waals surface area contributed by atoms with Gasteiger partial charge in [0.15, 0.2) is 18.7 Å². The lowest BCUT2D eigenvalue weighted by molar-refractivity contribution is -0.360. The number of esters is 3. The minimum absolute atomic E-state index is 0.0187. The van der Waals surface area contributed by atoms with Gasteiger partial charge in [-0.25, -0.2) is 9.36 Å². The zero-order valence-electron chi connectivity index (χ0n) is 60.7. The van der Waals surface area contributed by atoms with Gasteiger partial charge in [0, 0.05) is 18.9 Å². The molecule has 18 atom stereocenters. The van der Waals surface area contributed by atoms with Crippen molar-refractivity contribution in [2.45, 2.75) is 382 Å². The summed E-state index contributed by atoms with van der Waals surface area (Å²) in [7, 11) is -5.72. The van der Waals surface area contributed by atoms with E-state index >= 15 is 0 Å². The number of ether oxygens (including phenoxy) is 7. The minimum atomic E-state index is -5.72. The quantitative estimate of drug-likeness (QED) is 0.00512. The summed E-state index contributed by atoms with van der Waals surface area (Å²) in [5.74, 6) is -2.26. The Balaban J connectivity index is 1.75. The first-order chi connectivity index (χ1) is 48.3. The second kappa shape index (κ2) is 56.3. The zero-order valence-corrected chi connectivity index (χ0v) is 61.6. The summed E-state index contributed by atoms with van der Waals surface area (Å²) in [6, 6.07) is 0. The minimum Gasteiger partial charge on any atom is -0.463 e. The Morgan fingerprint density at radius 3 is 1.22 bits per heavy atom. The second-order valence-corrected chi connectivity index (χ2v) is 28.8. The van der Waals surface area contributed by atoms with Crippen LogP contribution in [0.5, 0.6) is 0 Å². The average Bonchev–Trinajstić information content (AvgIpc) is 0.762. The van der Waals surface area contributed by atoms with Crippen molar-refractivity contribution in [3.63, 3.8) is 0 Å². The van der Waals surface area contributed by atoms with Gasteiger partial charge < -0.3 is 89.1 Å². The number of aliphatic hydroxyl groups excluding tert-OH is 10. The summed E-state index contributed by atoms with van der Waals surface area (Å²) in [6.07, 6.45) is 20.9. The number of hydrogen-bond acceptors (Lipinski definition) is 23. The lowest BCUT2D eigenvalue weighted by Gasteiger charge is -2.49. The molecule has 100 heavy (non-hydrogen) atoms. The van der Waals surface area contributed by atoms with E-state index in [1.165, 1.54) is 109 Å². The van der Waals surface area contributed by atoms with Crippen LogP contribution in [0.3, 0.4) is 0 Å². The molecular formula is C75H133O24P. The van der Waals surface area contributed by atoms with E-state index < -0.39 is 156 Å². The molecule has 0 spiro atoms. The van der Waals surface area contributed by atoms with Crippen LogP contribution in [0.25, 0.3) is 0 Å². The van der Waals surface area contributed by atoms with Crippen molar-refractivity contribution in [3.8, 4) is 0 Å². The van der Waals surface area contributed by atoms with Crippen molar-refractivity contribution >= 4 is 25.7 Å². The monoisotopic (exact) mass is 1450 g/mol. The van der Waals surface area contributed by atoms with Crippen LogP contribution >= 0.6 is 7.82 Å². The first-order valence-corrected chi connectivity index (χ1v) is 40.0. The summed E-state index contributed by atoms with van der Waals surface area (Å²) in [6.45, 7) is 3.30. The Hall–Kier alpha value is -3.08. The van der Waals surface area contributed by atoms with Crippen molar-refractivity contribution in [2.24, 2.45) is 0 Å². The van der Waals surface area contributed by atoms with E-state index in [4.69, 9.17) is 42.2 Å². The number of phosphoric acid groups is 1. The van der Waals surface area contributed by atoms with E-state index in [0.717, 1.165) is 128 Å². The summed E-state index contributed by atoms with van der Waals surface area (Å²) < 4.78 is 64.8. The number of unbranched alkanes of at least 4 members (excludes halogenated alkanes) is 33. The third kappa shape index (κ3) is 38.8. The highest BCUT2D eigenvalue weighted by Gasteiger charge is 2.58. The number of carbonyl (C=O) groups is 3. The first kappa shape index (κ1) is 91.1. The van der Waals surface area contributed by atoms with E-state index in [0.29, 0.717) is 19.3 Å². The molecule has 0 aromatic carbocycles. The molecule has 0 aromatic rings. The van der Waals surface area contributed by atoms with Crippen molar-refractivity contribution in [1.82, 2.24) is 0 Å². The third-order valence-corrected chi connectivity index (χ3v) is 19.6. The maximum Gasteiger partial charge on any atom is 0.472 e. The molecule has 24 nitrogen and oxygen atoms in total. The molecule has 0 aromatic heterocycles. The molecular weight excluding hydrogens is 1320 g/mol. The Labute approximate surface area is 597 Å². The number of phosphoric ester groups is 1. The number of carbonyl (C=O) groups excluding carboxylic acids is 3. The Morgan fingerprint density at radius 2 is 0.780 bits per heavy atom. The molecule has 1 saturated carbocycles. The van der Waals surface area contributed by atoms with Gasteiger partial charge in [-0.2, -0.15) is 0 Å². The van der Waals surface area contributed by atoms with Crippen LogP contribution in [0.1, 0.15) is 278 Å². The molecule has 3 rings (SSSR count). The highest BCUT2D eigenvalue weighted by Crippen LogP contribution is 2.49. The molecule has 25 heteroatoms. The van der Waals surface area contributed by atoms with Crippen molar-refractivity contribution in [2.75, 3.05) is 26.4 Å². The smallest absolute Gasteiger partial charge is 0.463 e. The van der Waals surface area contributed by atoms with E-state index in [2.05, 4.69) is 45.1 Å². The predicted octanol–water partition coefficient (Wildman–Crippen LogP) is 10.8. The molecule has 11 N–H and O–H groups in total. The Morgan fingerprint density at radius 1 is 0.410 bits per heavy atom. The molecule has 582 valence electrons. The summed E-state index contributed by atoms with van der Waals surface area (Å²) in [4.78, 5) is 50.9. The topological polar surface area (TPSA) is 374 Å². The van der Waals surface area contributed by atoms with Gasteiger partial charge in [0.25, 0.3) is 0 Å². The second-order valence-electron chi connectivity index (χ2n) is 27.4. The highest BCUT2D eigenvalue weighted by atomic mass is 31.2. The van der Waals surface area contributed by atoms with Crippen LogP contribution in [0, 0.1) is 0 Å². The molecule has 2 saturated heterocycles. The lowest BCUT2D eigenvalue weighted by atomic mass is 9.84. The Bertz CT molecular complexity index is 2250. The number of aliphatic hydroxyl groups is 10. The molecule has 2 heterocycles. The van der Waals surface area contributed by atoms with E-state index in [9.17, 15) is 74.9 Å². The van der Waals surface area contributed by atoms with Gasteiger partial charge in [-0.1, -0.05) is 230 Å². The van der Waals surface area contributed by atoms with Gasteiger partial charge in [-0.05, 0) is 77.0 Å². The average molecular weight is 1450 g/mol. The number of hydrogen-bond donors (Lipinski definition) is 11. The lowest BCUT2D eigenvalue weighted by Crippen LogP contribution is -2.69. The van der Waals surface area contributed by atoms with Crippen molar-refractivity contribution < 1.29 is 117 Å². The molecule has 0 bridgehead atoms. The van der Waals surface area contributed by atoms with Crippen LogP contribution in [0.4, 0.5) is 0 Å². The Kier molecular flexibility index (Phi) is 51.3. The molecule has 0 radical (unpaired) electrons. The molecule has 1 aliphatic carbocycles. The molecule has 3 aliphatic rings. The fourth-order valence-corrected chi connectivity index (χ4v) is 13.3. The molecule has 2 aliphatic heterocycles. The van der Waals surface area contributed by atoms with Crippen LogP contribution in [-0.4, -0.2) is 204 Å². The largest absolute Gasteiger partial charge is 0.472 e. The van der Waals surface area contributed by atoms with Crippen molar-refractivity contribution in [3.05, 3.63) is 48.6 Å². The number of rotatable bonds is 59. The normalized spacial score (nSPS) is 27.6. The first-order valence-electron chi connectivity index (χ1n) is 38.5. The van der Waals surface area contributed by atoms with Gasteiger partial charge in [0.05, 0.1) is 13.2 Å².